The number of ether oxygens (including phenoxy) is 1. The molecule has 0 bridgehead atoms. The highest BCUT2D eigenvalue weighted by molar-refractivity contribution is 7.80. The van der Waals surface area contributed by atoms with Gasteiger partial charge in [0.15, 0.2) is 5.11 Å². The minimum Gasteiger partial charge on any atom is -0.383 e. The second-order valence-electron chi connectivity index (χ2n) is 4.96. The van der Waals surface area contributed by atoms with Gasteiger partial charge in [0.2, 0.25) is 0 Å². The van der Waals surface area contributed by atoms with E-state index >= 15 is 0 Å². The van der Waals surface area contributed by atoms with E-state index < -0.39 is 0 Å². The van der Waals surface area contributed by atoms with Gasteiger partial charge in [-0.1, -0.05) is 0 Å². The van der Waals surface area contributed by atoms with Gasteiger partial charge in [-0.25, -0.2) is 0 Å². The highest BCUT2D eigenvalue weighted by atomic mass is 32.1. The summed E-state index contributed by atoms with van der Waals surface area (Å²) < 4.78 is 5.00. The minimum atomic E-state index is 0.710. The summed E-state index contributed by atoms with van der Waals surface area (Å²) in [5, 5.41) is 4.12. The summed E-state index contributed by atoms with van der Waals surface area (Å²) in [6.07, 6.45) is 2.88. The Morgan fingerprint density at radius 2 is 2.00 bits per heavy atom. The summed E-state index contributed by atoms with van der Waals surface area (Å²) in [5.74, 6) is 0.994. The molecule has 1 heterocycles. The lowest BCUT2D eigenvalue weighted by Gasteiger charge is -2.36. The molecular formula is C12H23N3OS. The Morgan fingerprint density at radius 1 is 1.29 bits per heavy atom. The van der Waals surface area contributed by atoms with Gasteiger partial charge < -0.3 is 15.0 Å². The van der Waals surface area contributed by atoms with Crippen molar-refractivity contribution in [2.24, 2.45) is 5.92 Å². The summed E-state index contributed by atoms with van der Waals surface area (Å²) in [4.78, 5) is 4.85. The Bertz CT molecular complexity index is 250. The van der Waals surface area contributed by atoms with Crippen LogP contribution >= 0.6 is 12.2 Å². The zero-order valence-electron chi connectivity index (χ0n) is 10.7. The van der Waals surface area contributed by atoms with Crippen LogP contribution in [-0.4, -0.2) is 67.9 Å². The van der Waals surface area contributed by atoms with Crippen LogP contribution in [0.25, 0.3) is 0 Å². The van der Waals surface area contributed by atoms with Crippen molar-refractivity contribution < 1.29 is 4.74 Å². The fraction of sp³-hybridized carbons (Fsp3) is 0.917. The average molecular weight is 257 g/mol. The Kier molecular flexibility index (Phi) is 5.00. The van der Waals surface area contributed by atoms with Crippen molar-refractivity contribution >= 4 is 17.3 Å². The van der Waals surface area contributed by atoms with Gasteiger partial charge in [0.1, 0.15) is 0 Å². The molecule has 0 amide bonds. The van der Waals surface area contributed by atoms with E-state index in [4.69, 9.17) is 17.0 Å². The predicted octanol–water partition coefficient (Wildman–Crippen LogP) is 0.535. The van der Waals surface area contributed by atoms with E-state index in [9.17, 15) is 0 Å². The van der Waals surface area contributed by atoms with Crippen LogP contribution in [0.4, 0.5) is 0 Å². The zero-order valence-corrected chi connectivity index (χ0v) is 11.5. The molecular weight excluding hydrogens is 234 g/mol. The molecule has 4 nitrogen and oxygen atoms in total. The van der Waals surface area contributed by atoms with Crippen LogP contribution < -0.4 is 5.32 Å². The van der Waals surface area contributed by atoms with Crippen LogP contribution in [-0.2, 0) is 4.74 Å². The van der Waals surface area contributed by atoms with Crippen molar-refractivity contribution in [1.29, 1.82) is 0 Å². The largest absolute Gasteiger partial charge is 0.383 e. The lowest BCUT2D eigenvalue weighted by molar-refractivity contribution is 0.173. The molecule has 98 valence electrons. The topological polar surface area (TPSA) is 27.7 Å². The van der Waals surface area contributed by atoms with E-state index in [0.29, 0.717) is 6.61 Å². The fourth-order valence-electron chi connectivity index (χ4n) is 2.17. The standard InChI is InChI=1S/C12H23N3OS/c1-16-9-4-13-12(17)15-7-5-14(6-8-15)10-11-2-3-11/h11H,2-10H2,1H3,(H,13,17). The molecule has 5 heteroatoms. The number of nitrogens with one attached hydrogen (secondary N) is 1. The molecule has 1 saturated heterocycles. The smallest absolute Gasteiger partial charge is 0.169 e. The third-order valence-corrected chi connectivity index (χ3v) is 3.86. The van der Waals surface area contributed by atoms with Crippen LogP contribution in [0.1, 0.15) is 12.8 Å². The van der Waals surface area contributed by atoms with E-state index in [0.717, 1.165) is 43.8 Å². The van der Waals surface area contributed by atoms with E-state index in [2.05, 4.69) is 15.1 Å². The van der Waals surface area contributed by atoms with E-state index in [1.54, 1.807) is 7.11 Å². The lowest BCUT2D eigenvalue weighted by atomic mass is 10.3. The fourth-order valence-corrected chi connectivity index (χ4v) is 2.46. The maximum Gasteiger partial charge on any atom is 0.169 e. The lowest BCUT2D eigenvalue weighted by Crippen LogP contribution is -2.52. The maximum atomic E-state index is 5.37. The van der Waals surface area contributed by atoms with Crippen molar-refractivity contribution in [3.63, 3.8) is 0 Å². The predicted molar refractivity (Wildman–Crippen MR) is 73.2 cm³/mol. The normalized spacial score (nSPS) is 21.6. The van der Waals surface area contributed by atoms with Gasteiger partial charge in [-0.05, 0) is 31.0 Å². The highest BCUT2D eigenvalue weighted by Crippen LogP contribution is 2.29. The average Bonchev–Trinajstić information content (AvgIpc) is 3.14. The molecule has 0 radical (unpaired) electrons. The minimum absolute atomic E-state index is 0.710. The van der Waals surface area contributed by atoms with E-state index in [-0.39, 0.29) is 0 Å². The summed E-state index contributed by atoms with van der Waals surface area (Å²) in [5.41, 5.74) is 0. The van der Waals surface area contributed by atoms with E-state index in [1.165, 1.54) is 19.4 Å². The number of rotatable bonds is 5. The Labute approximate surface area is 109 Å². The molecule has 0 aromatic carbocycles. The quantitative estimate of drug-likeness (QED) is 0.573. The molecule has 1 N–H and O–H groups in total. The summed E-state index contributed by atoms with van der Waals surface area (Å²) >= 11 is 5.37. The first kappa shape index (κ1) is 13.1. The first-order chi connectivity index (χ1) is 8.29. The SMILES string of the molecule is COCCNC(=S)N1CCN(CC2CC2)CC1. The number of nitrogens with zero attached hydrogens (tertiary/aromatic N) is 2. The Hall–Kier alpha value is -0.390. The summed E-state index contributed by atoms with van der Waals surface area (Å²) in [7, 11) is 1.71. The van der Waals surface area contributed by atoms with Gasteiger partial charge in [-0.2, -0.15) is 0 Å². The Morgan fingerprint density at radius 3 is 2.59 bits per heavy atom. The first-order valence-corrected chi connectivity index (χ1v) is 6.94. The number of piperazine rings is 1. The molecule has 0 spiro atoms. The molecule has 1 saturated carbocycles. The Balaban J connectivity index is 1.61. The van der Waals surface area contributed by atoms with Crippen LogP contribution in [0.2, 0.25) is 0 Å². The molecule has 1 aliphatic carbocycles. The van der Waals surface area contributed by atoms with Crippen molar-refractivity contribution in [3.8, 4) is 0 Å². The zero-order chi connectivity index (χ0) is 12.1. The first-order valence-electron chi connectivity index (χ1n) is 6.53. The van der Waals surface area contributed by atoms with Gasteiger partial charge >= 0.3 is 0 Å². The van der Waals surface area contributed by atoms with Crippen LogP contribution in [0.15, 0.2) is 0 Å². The number of thiocarbonyl (C=S) groups is 1. The van der Waals surface area contributed by atoms with Crippen LogP contribution in [0, 0.1) is 5.92 Å². The molecule has 0 unspecified atom stereocenters. The van der Waals surface area contributed by atoms with Crippen LogP contribution in [0.3, 0.4) is 0 Å². The van der Waals surface area contributed by atoms with Gasteiger partial charge in [0.05, 0.1) is 6.61 Å². The monoisotopic (exact) mass is 257 g/mol. The summed E-state index contributed by atoms with van der Waals surface area (Å²) in [6.45, 7) is 7.25. The number of hydrogen-bond acceptors (Lipinski definition) is 3. The molecule has 17 heavy (non-hydrogen) atoms. The van der Waals surface area contributed by atoms with Gasteiger partial charge in [0, 0.05) is 46.4 Å². The van der Waals surface area contributed by atoms with Gasteiger partial charge in [-0.3, -0.25) is 4.90 Å². The molecule has 2 rings (SSSR count). The van der Waals surface area contributed by atoms with Crippen molar-refractivity contribution in [3.05, 3.63) is 0 Å². The second-order valence-corrected chi connectivity index (χ2v) is 5.34. The summed E-state index contributed by atoms with van der Waals surface area (Å²) in [6, 6.07) is 0. The van der Waals surface area contributed by atoms with E-state index in [1.807, 2.05) is 0 Å². The third-order valence-electron chi connectivity index (χ3n) is 3.46. The van der Waals surface area contributed by atoms with Crippen LogP contribution in [0.5, 0.6) is 0 Å². The molecule has 0 aromatic rings. The molecule has 2 fully saturated rings. The third kappa shape index (κ3) is 4.41. The van der Waals surface area contributed by atoms with Gasteiger partial charge in [-0.15, -0.1) is 0 Å². The molecule has 0 aromatic heterocycles. The molecule has 0 atom stereocenters. The highest BCUT2D eigenvalue weighted by Gasteiger charge is 2.26. The number of methoxy groups -OCH3 is 1. The number of hydrogen-bond donors (Lipinski definition) is 1. The maximum absolute atomic E-state index is 5.37. The van der Waals surface area contributed by atoms with Crippen molar-refractivity contribution in [1.82, 2.24) is 15.1 Å². The van der Waals surface area contributed by atoms with Gasteiger partial charge in [0.25, 0.3) is 0 Å². The van der Waals surface area contributed by atoms with Crippen molar-refractivity contribution in [2.45, 2.75) is 12.8 Å². The molecule has 1 aliphatic heterocycles. The van der Waals surface area contributed by atoms with Crippen molar-refractivity contribution in [2.75, 3.05) is 53.0 Å². The second kappa shape index (κ2) is 6.52. The molecule has 2 aliphatic rings.